The van der Waals surface area contributed by atoms with E-state index in [0.29, 0.717) is 5.56 Å². The van der Waals surface area contributed by atoms with Gasteiger partial charge >= 0.3 is 0 Å². The second kappa shape index (κ2) is 7.29. The summed E-state index contributed by atoms with van der Waals surface area (Å²) >= 11 is 1.62. The lowest BCUT2D eigenvalue weighted by atomic mass is 9.89. The monoisotopic (exact) mass is 400 g/mol. The van der Waals surface area contributed by atoms with E-state index in [0.717, 1.165) is 33.7 Å². The van der Waals surface area contributed by atoms with Crippen molar-refractivity contribution < 1.29 is 4.79 Å². The number of aromatic nitrogens is 2. The number of primary amides is 1. The van der Waals surface area contributed by atoms with Crippen LogP contribution in [-0.2, 0) is 12.8 Å². The number of benzene rings is 2. The van der Waals surface area contributed by atoms with E-state index in [4.69, 9.17) is 5.73 Å². The summed E-state index contributed by atoms with van der Waals surface area (Å²) in [5, 5.41) is 6.55. The number of carbonyl (C=O) groups is 1. The van der Waals surface area contributed by atoms with Crippen LogP contribution in [0.25, 0.3) is 21.3 Å². The van der Waals surface area contributed by atoms with Crippen LogP contribution >= 0.6 is 11.3 Å². The van der Waals surface area contributed by atoms with Gasteiger partial charge in [-0.05, 0) is 66.6 Å². The number of amides is 1. The molecule has 4 aromatic rings. The van der Waals surface area contributed by atoms with E-state index in [-0.39, 0.29) is 0 Å². The molecule has 144 valence electrons. The van der Waals surface area contributed by atoms with Crippen LogP contribution in [0.1, 0.15) is 34.3 Å². The molecule has 5 nitrogen and oxygen atoms in total. The molecular formula is C23H20N4OS. The molecule has 0 fully saturated rings. The van der Waals surface area contributed by atoms with Gasteiger partial charge in [-0.15, -0.1) is 11.3 Å². The quantitative estimate of drug-likeness (QED) is 0.501. The summed E-state index contributed by atoms with van der Waals surface area (Å²) in [5.74, 6) is 0.323. The van der Waals surface area contributed by atoms with Crippen LogP contribution in [0.15, 0.2) is 54.2 Å². The summed E-state index contributed by atoms with van der Waals surface area (Å²) in [6.45, 7) is 0. The number of rotatable bonds is 4. The van der Waals surface area contributed by atoms with Gasteiger partial charge in [0.05, 0.1) is 5.39 Å². The second-order valence-electron chi connectivity index (χ2n) is 7.31. The number of thiophene rings is 1. The van der Waals surface area contributed by atoms with Gasteiger partial charge in [-0.3, -0.25) is 4.79 Å². The van der Waals surface area contributed by atoms with E-state index in [1.807, 2.05) is 12.1 Å². The molecule has 3 N–H and O–H groups in total. The smallest absolute Gasteiger partial charge is 0.248 e. The van der Waals surface area contributed by atoms with E-state index >= 15 is 0 Å². The zero-order valence-electron chi connectivity index (χ0n) is 15.8. The fourth-order valence-electron chi connectivity index (χ4n) is 3.94. The van der Waals surface area contributed by atoms with E-state index in [1.54, 1.807) is 29.8 Å². The Morgan fingerprint density at radius 3 is 2.59 bits per heavy atom. The number of nitrogens with two attached hydrogens (primary N) is 1. The number of nitrogens with one attached hydrogen (secondary N) is 1. The van der Waals surface area contributed by atoms with Crippen LogP contribution in [-0.4, -0.2) is 15.9 Å². The van der Waals surface area contributed by atoms with Crippen molar-refractivity contribution in [3.8, 4) is 11.1 Å². The number of aryl methyl sites for hydroxylation is 2. The Hall–Kier alpha value is -3.25. The molecule has 2 aromatic carbocycles. The normalized spacial score (nSPS) is 13.2. The van der Waals surface area contributed by atoms with Gasteiger partial charge in [0, 0.05) is 22.2 Å². The maximum Gasteiger partial charge on any atom is 0.248 e. The minimum atomic E-state index is -0.437. The molecule has 0 bridgehead atoms. The summed E-state index contributed by atoms with van der Waals surface area (Å²) < 4.78 is 0. The highest BCUT2D eigenvalue weighted by Gasteiger charge is 2.16. The fraction of sp³-hybridized carbons (Fsp3) is 0.174. The first kappa shape index (κ1) is 17.8. The Bertz CT molecular complexity index is 1210. The summed E-state index contributed by atoms with van der Waals surface area (Å²) in [6.07, 6.45) is 6.45. The zero-order valence-corrected chi connectivity index (χ0v) is 16.6. The number of nitrogens with zero attached hydrogens (tertiary/aromatic N) is 2. The molecule has 0 radical (unpaired) electrons. The Kier molecular flexibility index (Phi) is 4.48. The molecule has 1 amide bonds. The molecule has 1 aliphatic carbocycles. The zero-order chi connectivity index (χ0) is 19.8. The van der Waals surface area contributed by atoms with Crippen LogP contribution in [0.5, 0.6) is 0 Å². The lowest BCUT2D eigenvalue weighted by Crippen LogP contribution is -2.10. The third-order valence-corrected chi connectivity index (χ3v) is 6.35. The molecule has 2 heterocycles. The van der Waals surface area contributed by atoms with Gasteiger partial charge in [0.25, 0.3) is 0 Å². The van der Waals surface area contributed by atoms with Gasteiger partial charge in [0.1, 0.15) is 17.0 Å². The third-order valence-electron chi connectivity index (χ3n) is 5.46. The first-order valence-corrected chi connectivity index (χ1v) is 10.6. The summed E-state index contributed by atoms with van der Waals surface area (Å²) in [5.41, 5.74) is 11.9. The predicted octanol–water partition coefficient (Wildman–Crippen LogP) is 5.08. The number of anilines is 2. The maximum absolute atomic E-state index is 11.3. The van der Waals surface area contributed by atoms with Gasteiger partial charge in [-0.1, -0.05) is 18.2 Å². The fourth-order valence-corrected chi connectivity index (χ4v) is 4.85. The largest absolute Gasteiger partial charge is 0.366 e. The Balaban J connectivity index is 1.56. The van der Waals surface area contributed by atoms with Crippen molar-refractivity contribution in [3.05, 3.63) is 70.9 Å². The van der Waals surface area contributed by atoms with Crippen LogP contribution < -0.4 is 11.1 Å². The van der Waals surface area contributed by atoms with Crippen LogP contribution in [0.3, 0.4) is 0 Å². The molecule has 0 spiro atoms. The highest BCUT2D eigenvalue weighted by Crippen LogP contribution is 2.38. The number of carbonyl (C=O) groups excluding carboxylic acids is 1. The first-order valence-electron chi connectivity index (χ1n) is 9.70. The lowest BCUT2D eigenvalue weighted by Gasteiger charge is -2.16. The predicted molar refractivity (Wildman–Crippen MR) is 118 cm³/mol. The van der Waals surface area contributed by atoms with Crippen molar-refractivity contribution in [2.24, 2.45) is 5.73 Å². The van der Waals surface area contributed by atoms with E-state index in [1.165, 1.54) is 36.0 Å². The molecule has 0 saturated heterocycles. The van der Waals surface area contributed by atoms with Gasteiger partial charge in [-0.25, -0.2) is 9.97 Å². The van der Waals surface area contributed by atoms with E-state index in [9.17, 15) is 4.79 Å². The number of hydrogen-bond acceptors (Lipinski definition) is 5. The molecule has 0 atom stereocenters. The summed E-state index contributed by atoms with van der Waals surface area (Å²) in [4.78, 5) is 21.2. The average molecular weight is 401 g/mol. The van der Waals surface area contributed by atoms with Crippen molar-refractivity contribution in [1.29, 1.82) is 0 Å². The lowest BCUT2D eigenvalue weighted by molar-refractivity contribution is 0.100. The SMILES string of the molecule is NC(=O)c1ccc(Nc2ncnc3scc(-c4ccc5c(c4)CCCC5)c23)cc1. The molecule has 5 rings (SSSR count). The third kappa shape index (κ3) is 3.36. The van der Waals surface area contributed by atoms with Crippen molar-refractivity contribution >= 4 is 39.0 Å². The Morgan fingerprint density at radius 1 is 1.00 bits per heavy atom. The highest BCUT2D eigenvalue weighted by molar-refractivity contribution is 7.17. The van der Waals surface area contributed by atoms with Crippen LogP contribution in [0.2, 0.25) is 0 Å². The standard InChI is InChI=1S/C23H20N4OS/c24-21(28)15-7-9-18(10-8-15)27-22-20-19(12-29-23(20)26-13-25-22)17-6-5-14-3-1-2-4-16(14)11-17/h5-13H,1-4H2,(H2,24,28)(H,25,26,27). The molecule has 0 saturated carbocycles. The molecule has 1 aliphatic rings. The second-order valence-corrected chi connectivity index (χ2v) is 8.17. The Labute approximate surface area is 172 Å². The highest BCUT2D eigenvalue weighted by atomic mass is 32.1. The molecule has 0 aliphatic heterocycles. The van der Waals surface area contributed by atoms with Crippen LogP contribution in [0, 0.1) is 0 Å². The molecule has 6 heteroatoms. The molecule has 0 unspecified atom stereocenters. The van der Waals surface area contributed by atoms with Gasteiger partial charge in [0.15, 0.2) is 0 Å². The van der Waals surface area contributed by atoms with Crippen LogP contribution in [0.4, 0.5) is 11.5 Å². The Morgan fingerprint density at radius 2 is 1.79 bits per heavy atom. The molecular weight excluding hydrogens is 380 g/mol. The summed E-state index contributed by atoms with van der Waals surface area (Å²) in [7, 11) is 0. The average Bonchev–Trinajstić information content (AvgIpc) is 3.19. The number of fused-ring (bicyclic) bond motifs is 2. The first-order chi connectivity index (χ1) is 14.2. The van der Waals surface area contributed by atoms with Crippen molar-refractivity contribution in [2.45, 2.75) is 25.7 Å². The topological polar surface area (TPSA) is 80.9 Å². The van der Waals surface area contributed by atoms with Crippen molar-refractivity contribution in [3.63, 3.8) is 0 Å². The molecule has 2 aromatic heterocycles. The van der Waals surface area contributed by atoms with E-state index in [2.05, 4.69) is 38.9 Å². The van der Waals surface area contributed by atoms with E-state index < -0.39 is 5.91 Å². The van der Waals surface area contributed by atoms with Crippen molar-refractivity contribution in [2.75, 3.05) is 5.32 Å². The minimum Gasteiger partial charge on any atom is -0.366 e. The molecule has 29 heavy (non-hydrogen) atoms. The number of hydrogen-bond donors (Lipinski definition) is 2. The van der Waals surface area contributed by atoms with Gasteiger partial charge < -0.3 is 11.1 Å². The van der Waals surface area contributed by atoms with Gasteiger partial charge in [0.2, 0.25) is 5.91 Å². The summed E-state index contributed by atoms with van der Waals surface area (Å²) in [6, 6.07) is 13.9. The van der Waals surface area contributed by atoms with Crippen molar-refractivity contribution in [1.82, 2.24) is 9.97 Å². The minimum absolute atomic E-state index is 0.437. The van der Waals surface area contributed by atoms with Gasteiger partial charge in [-0.2, -0.15) is 0 Å². The maximum atomic E-state index is 11.3.